The summed E-state index contributed by atoms with van der Waals surface area (Å²) in [7, 11) is 0. The zero-order valence-corrected chi connectivity index (χ0v) is 10.4. The Balaban J connectivity index is 2.25. The zero-order valence-electron chi connectivity index (χ0n) is 10.4. The Hall–Kier alpha value is -2.98. The van der Waals surface area contributed by atoms with E-state index in [0.717, 1.165) is 0 Å². The number of H-pyrrole nitrogens is 1. The van der Waals surface area contributed by atoms with Crippen molar-refractivity contribution < 1.29 is 4.79 Å². The fourth-order valence-electron chi connectivity index (χ4n) is 1.44. The van der Waals surface area contributed by atoms with E-state index in [1.807, 2.05) is 0 Å². The largest absolute Gasteiger partial charge is 0.320 e. The lowest BCUT2D eigenvalue weighted by molar-refractivity contribution is 0.102. The van der Waals surface area contributed by atoms with Gasteiger partial charge in [0.1, 0.15) is 0 Å². The first-order valence-electron chi connectivity index (χ1n) is 5.71. The Morgan fingerprint density at radius 3 is 2.95 bits per heavy atom. The summed E-state index contributed by atoms with van der Waals surface area (Å²) in [4.78, 5) is 26.9. The van der Waals surface area contributed by atoms with Gasteiger partial charge in [0.05, 0.1) is 17.7 Å². The molecule has 0 aliphatic carbocycles. The highest BCUT2D eigenvalue weighted by molar-refractivity contribution is 6.05. The van der Waals surface area contributed by atoms with E-state index < -0.39 is 5.91 Å². The van der Waals surface area contributed by atoms with Crippen molar-refractivity contribution in [2.45, 2.75) is 0 Å². The number of aromatic nitrogens is 3. The molecule has 100 valence electrons. The van der Waals surface area contributed by atoms with Crippen LogP contribution in [0.15, 0.2) is 35.4 Å². The molecule has 0 saturated heterocycles. The van der Waals surface area contributed by atoms with Crippen molar-refractivity contribution >= 4 is 11.7 Å². The summed E-state index contributed by atoms with van der Waals surface area (Å²) in [6.07, 6.45) is 2.97. The Morgan fingerprint density at radius 1 is 1.40 bits per heavy atom. The van der Waals surface area contributed by atoms with Gasteiger partial charge in [0, 0.05) is 18.5 Å². The fraction of sp³-hybridized carbons (Fsp3) is 0.0769. The number of amides is 1. The third-order valence-corrected chi connectivity index (χ3v) is 2.31. The van der Waals surface area contributed by atoms with Gasteiger partial charge in [0.15, 0.2) is 5.82 Å². The number of aromatic amines is 1. The molecular formula is C13H11N5O2. The fourth-order valence-corrected chi connectivity index (χ4v) is 1.44. The van der Waals surface area contributed by atoms with Gasteiger partial charge in [-0.25, -0.2) is 5.10 Å². The average molecular weight is 269 g/mol. The predicted octanol–water partition coefficient (Wildman–Crippen LogP) is -0.273. The summed E-state index contributed by atoms with van der Waals surface area (Å²) in [6, 6.07) is 4.22. The van der Waals surface area contributed by atoms with E-state index in [4.69, 9.17) is 5.73 Å². The highest BCUT2D eigenvalue weighted by Crippen LogP contribution is 2.08. The van der Waals surface area contributed by atoms with Crippen LogP contribution in [0.5, 0.6) is 0 Å². The molecule has 1 amide bonds. The summed E-state index contributed by atoms with van der Waals surface area (Å²) in [6.45, 7) is 0.192. The van der Waals surface area contributed by atoms with Crippen LogP contribution in [0.4, 0.5) is 5.82 Å². The van der Waals surface area contributed by atoms with Crippen LogP contribution < -0.4 is 16.6 Å². The minimum Gasteiger partial charge on any atom is -0.320 e. The van der Waals surface area contributed by atoms with Crippen molar-refractivity contribution in [1.82, 2.24) is 15.2 Å². The highest BCUT2D eigenvalue weighted by atomic mass is 16.2. The summed E-state index contributed by atoms with van der Waals surface area (Å²) in [5.74, 6) is 5.28. The first kappa shape index (κ1) is 13.5. The number of carbonyl (C=O) groups is 1. The maximum Gasteiger partial charge on any atom is 0.264 e. The number of nitrogens with one attached hydrogen (secondary N) is 2. The van der Waals surface area contributed by atoms with Crippen LogP contribution in [-0.2, 0) is 0 Å². The molecule has 2 aromatic rings. The molecule has 0 atom stereocenters. The van der Waals surface area contributed by atoms with Crippen LogP contribution in [0.2, 0.25) is 0 Å². The molecule has 2 heterocycles. The summed E-state index contributed by atoms with van der Waals surface area (Å²) < 4.78 is 0. The van der Waals surface area contributed by atoms with E-state index in [-0.39, 0.29) is 17.9 Å². The van der Waals surface area contributed by atoms with Gasteiger partial charge in [-0.1, -0.05) is 11.8 Å². The normalized spacial score (nSPS) is 9.45. The minimum atomic E-state index is -0.395. The van der Waals surface area contributed by atoms with Crippen LogP contribution in [0.1, 0.15) is 15.9 Å². The van der Waals surface area contributed by atoms with Crippen LogP contribution >= 0.6 is 0 Å². The van der Waals surface area contributed by atoms with E-state index in [9.17, 15) is 9.59 Å². The van der Waals surface area contributed by atoms with Gasteiger partial charge in [0.2, 0.25) is 0 Å². The number of anilines is 1. The van der Waals surface area contributed by atoms with E-state index in [0.29, 0.717) is 11.1 Å². The van der Waals surface area contributed by atoms with Crippen molar-refractivity contribution in [3.63, 3.8) is 0 Å². The van der Waals surface area contributed by atoms with Crippen LogP contribution in [0.3, 0.4) is 0 Å². The molecule has 0 spiro atoms. The Bertz CT molecular complexity index is 722. The molecule has 0 unspecified atom stereocenters. The van der Waals surface area contributed by atoms with Gasteiger partial charge >= 0.3 is 0 Å². The van der Waals surface area contributed by atoms with Crippen molar-refractivity contribution in [3.8, 4) is 11.8 Å². The van der Waals surface area contributed by atoms with Gasteiger partial charge < -0.3 is 11.1 Å². The Labute approximate surface area is 114 Å². The Kier molecular flexibility index (Phi) is 4.21. The number of nitrogens with zero attached hydrogens (tertiary/aromatic N) is 2. The standard InChI is InChI=1S/C13H11N5O2/c14-6-1-2-9-8-15-7-5-10(9)13(20)16-11-3-4-12(19)18-17-11/h3-5,7-8H,6,14H2,(H,18,19)(H,16,17,20). The molecule has 2 rings (SSSR count). The van der Waals surface area contributed by atoms with Gasteiger partial charge in [-0.3, -0.25) is 14.6 Å². The number of hydrogen-bond donors (Lipinski definition) is 3. The molecule has 7 nitrogen and oxygen atoms in total. The van der Waals surface area contributed by atoms with E-state index in [2.05, 4.69) is 32.3 Å². The molecule has 4 N–H and O–H groups in total. The smallest absolute Gasteiger partial charge is 0.264 e. The summed E-state index contributed by atoms with van der Waals surface area (Å²) >= 11 is 0. The number of carbonyl (C=O) groups excluding carboxylic acids is 1. The number of rotatable bonds is 2. The van der Waals surface area contributed by atoms with Crippen LogP contribution in [0, 0.1) is 11.8 Å². The number of pyridine rings is 1. The predicted molar refractivity (Wildman–Crippen MR) is 73.0 cm³/mol. The monoisotopic (exact) mass is 269 g/mol. The zero-order chi connectivity index (χ0) is 14.4. The first-order valence-corrected chi connectivity index (χ1v) is 5.71. The molecule has 20 heavy (non-hydrogen) atoms. The molecule has 0 bridgehead atoms. The second-order valence-electron chi connectivity index (χ2n) is 3.69. The van der Waals surface area contributed by atoms with Crippen molar-refractivity contribution in [2.24, 2.45) is 5.73 Å². The lowest BCUT2D eigenvalue weighted by Crippen LogP contribution is -2.17. The van der Waals surface area contributed by atoms with Crippen molar-refractivity contribution in [1.29, 1.82) is 0 Å². The maximum atomic E-state index is 12.1. The van der Waals surface area contributed by atoms with E-state index >= 15 is 0 Å². The van der Waals surface area contributed by atoms with Crippen LogP contribution in [-0.4, -0.2) is 27.6 Å². The van der Waals surface area contributed by atoms with Gasteiger partial charge in [-0.2, -0.15) is 5.10 Å². The molecule has 0 aromatic carbocycles. The molecule has 0 fully saturated rings. The van der Waals surface area contributed by atoms with Gasteiger partial charge in [-0.15, -0.1) is 0 Å². The highest BCUT2D eigenvalue weighted by Gasteiger charge is 2.10. The number of hydrogen-bond acceptors (Lipinski definition) is 5. The lowest BCUT2D eigenvalue weighted by atomic mass is 10.1. The SMILES string of the molecule is NCC#Cc1cnccc1C(=O)Nc1ccc(=O)[nH]n1. The quantitative estimate of drug-likeness (QED) is 0.649. The maximum absolute atomic E-state index is 12.1. The van der Waals surface area contributed by atoms with Crippen molar-refractivity contribution in [3.05, 3.63) is 52.1 Å². The van der Waals surface area contributed by atoms with Crippen LogP contribution in [0.25, 0.3) is 0 Å². The molecular weight excluding hydrogens is 258 g/mol. The topological polar surface area (TPSA) is 114 Å². The van der Waals surface area contributed by atoms with Gasteiger partial charge in [-0.05, 0) is 12.1 Å². The van der Waals surface area contributed by atoms with E-state index in [1.54, 1.807) is 6.07 Å². The van der Waals surface area contributed by atoms with Gasteiger partial charge in [0.25, 0.3) is 11.5 Å². The molecule has 0 aliphatic heterocycles. The minimum absolute atomic E-state index is 0.192. The second kappa shape index (κ2) is 6.26. The third kappa shape index (κ3) is 3.28. The van der Waals surface area contributed by atoms with E-state index in [1.165, 1.54) is 24.5 Å². The molecule has 7 heteroatoms. The Morgan fingerprint density at radius 2 is 2.25 bits per heavy atom. The lowest BCUT2D eigenvalue weighted by Gasteiger charge is -2.05. The summed E-state index contributed by atoms with van der Waals surface area (Å²) in [5.41, 5.74) is 5.78. The number of nitrogens with two attached hydrogens (primary N) is 1. The molecule has 0 saturated carbocycles. The third-order valence-electron chi connectivity index (χ3n) is 2.31. The second-order valence-corrected chi connectivity index (χ2v) is 3.69. The molecule has 0 radical (unpaired) electrons. The molecule has 0 aliphatic rings. The van der Waals surface area contributed by atoms with Crippen molar-refractivity contribution in [2.75, 3.05) is 11.9 Å². The summed E-state index contributed by atoms with van der Waals surface area (Å²) in [5, 5.41) is 8.48. The average Bonchev–Trinajstić information content (AvgIpc) is 2.47. The molecule has 2 aromatic heterocycles. The first-order chi connectivity index (χ1) is 9.70.